The highest BCUT2D eigenvalue weighted by atomic mass is 35.5. The Morgan fingerprint density at radius 2 is 2.15 bits per heavy atom. The van der Waals surface area contributed by atoms with Gasteiger partial charge in [-0.1, -0.05) is 18.5 Å². The molecule has 0 spiro atoms. The molecule has 2 heterocycles. The van der Waals surface area contributed by atoms with Crippen LogP contribution in [0, 0.1) is 6.92 Å². The highest BCUT2D eigenvalue weighted by molar-refractivity contribution is 6.30. The summed E-state index contributed by atoms with van der Waals surface area (Å²) in [5, 5.41) is 7.52. The Hall–Kier alpha value is -1.56. The largest absolute Gasteiger partial charge is 0.344 e. The van der Waals surface area contributed by atoms with Crippen molar-refractivity contribution in [2.75, 3.05) is 6.54 Å². The zero-order valence-corrected chi connectivity index (χ0v) is 12.7. The van der Waals surface area contributed by atoms with Gasteiger partial charge in [0.1, 0.15) is 11.2 Å². The van der Waals surface area contributed by atoms with Crippen LogP contribution in [0.1, 0.15) is 31.0 Å². The third-order valence-corrected chi connectivity index (χ3v) is 4.05. The van der Waals surface area contributed by atoms with Gasteiger partial charge >= 0.3 is 0 Å². The molecule has 1 unspecified atom stereocenters. The van der Waals surface area contributed by atoms with Gasteiger partial charge in [-0.2, -0.15) is 5.10 Å². The maximum atomic E-state index is 12.4. The molecule has 1 saturated heterocycles. The molecule has 2 rings (SSSR count). The Bertz CT molecular complexity index is 541. The Balaban J connectivity index is 2.22. The highest BCUT2D eigenvalue weighted by Gasteiger charge is 2.29. The van der Waals surface area contributed by atoms with Gasteiger partial charge in [0.15, 0.2) is 0 Å². The van der Waals surface area contributed by atoms with E-state index >= 15 is 0 Å². The van der Waals surface area contributed by atoms with E-state index in [2.05, 4.69) is 10.4 Å². The van der Waals surface area contributed by atoms with E-state index < -0.39 is 6.04 Å². The van der Waals surface area contributed by atoms with Crippen LogP contribution in [0.2, 0.25) is 5.15 Å². The molecule has 0 radical (unpaired) electrons. The van der Waals surface area contributed by atoms with E-state index in [-0.39, 0.29) is 11.8 Å². The van der Waals surface area contributed by atoms with Gasteiger partial charge in [-0.3, -0.25) is 14.3 Å². The maximum Gasteiger partial charge on any atom is 0.245 e. The first-order valence-corrected chi connectivity index (χ1v) is 7.08. The van der Waals surface area contributed by atoms with Crippen molar-refractivity contribution in [1.29, 1.82) is 0 Å². The summed E-state index contributed by atoms with van der Waals surface area (Å²) >= 11 is 6.20. The van der Waals surface area contributed by atoms with Crippen molar-refractivity contribution in [3.05, 3.63) is 16.4 Å². The van der Waals surface area contributed by atoms with Gasteiger partial charge in [-0.15, -0.1) is 0 Å². The molecule has 2 amide bonds. The monoisotopic (exact) mass is 298 g/mol. The first-order valence-electron chi connectivity index (χ1n) is 6.70. The van der Waals surface area contributed by atoms with E-state index in [1.807, 2.05) is 13.8 Å². The molecule has 1 aromatic heterocycles. The number of carbonyl (C=O) groups excluding carboxylic acids is 2. The number of hydrogen-bond donors (Lipinski definition) is 1. The molecular formula is C13H19ClN4O2. The molecule has 7 heteroatoms. The van der Waals surface area contributed by atoms with E-state index in [4.69, 9.17) is 11.6 Å². The first-order chi connectivity index (χ1) is 9.43. The number of aromatic nitrogens is 2. The van der Waals surface area contributed by atoms with E-state index in [1.165, 1.54) is 0 Å². The number of amides is 2. The number of carbonyl (C=O) groups is 2. The molecule has 1 aliphatic rings. The molecule has 0 bridgehead atoms. The van der Waals surface area contributed by atoms with Gasteiger partial charge in [-0.05, 0) is 13.3 Å². The van der Waals surface area contributed by atoms with Gasteiger partial charge in [0.2, 0.25) is 11.8 Å². The summed E-state index contributed by atoms with van der Waals surface area (Å²) < 4.78 is 1.59. The minimum atomic E-state index is -0.444. The van der Waals surface area contributed by atoms with E-state index in [1.54, 1.807) is 16.6 Å². The summed E-state index contributed by atoms with van der Waals surface area (Å²) in [5.41, 5.74) is 1.65. The lowest BCUT2D eigenvalue weighted by Gasteiger charge is -2.23. The topological polar surface area (TPSA) is 67.2 Å². The number of hydrogen-bond acceptors (Lipinski definition) is 3. The molecule has 0 aliphatic carbocycles. The van der Waals surface area contributed by atoms with Crippen LogP contribution < -0.4 is 5.32 Å². The summed E-state index contributed by atoms with van der Waals surface area (Å²) in [6, 6.07) is -0.444. The van der Waals surface area contributed by atoms with E-state index in [0.717, 1.165) is 11.3 Å². The zero-order valence-electron chi connectivity index (χ0n) is 11.9. The molecule has 1 atom stereocenters. The average Bonchev–Trinajstić information content (AvgIpc) is 2.57. The van der Waals surface area contributed by atoms with Gasteiger partial charge in [0.05, 0.1) is 12.2 Å². The molecule has 0 aromatic carbocycles. The zero-order chi connectivity index (χ0) is 14.9. The van der Waals surface area contributed by atoms with Gasteiger partial charge in [-0.25, -0.2) is 0 Å². The minimum Gasteiger partial charge on any atom is -0.344 e. The summed E-state index contributed by atoms with van der Waals surface area (Å²) in [6.07, 6.45) is 0.903. The molecule has 20 heavy (non-hydrogen) atoms. The highest BCUT2D eigenvalue weighted by Crippen LogP contribution is 2.21. The number of nitrogens with zero attached hydrogens (tertiary/aromatic N) is 3. The molecule has 1 fully saturated rings. The van der Waals surface area contributed by atoms with Crippen molar-refractivity contribution in [1.82, 2.24) is 20.0 Å². The van der Waals surface area contributed by atoms with Crippen LogP contribution in [0.3, 0.4) is 0 Å². The van der Waals surface area contributed by atoms with Gasteiger partial charge in [0.25, 0.3) is 0 Å². The van der Waals surface area contributed by atoms with Crippen molar-refractivity contribution >= 4 is 23.4 Å². The standard InChI is InChI=1S/C13H19ClN4O2/c1-4-10-13(20)18(6-5-11(19)15-10)7-9-8(2)16-17(3)12(9)14/h10H,4-7H2,1-3H3,(H,15,19). The number of rotatable bonds is 3. The van der Waals surface area contributed by atoms with Gasteiger partial charge in [0, 0.05) is 25.6 Å². The maximum absolute atomic E-state index is 12.4. The van der Waals surface area contributed by atoms with Crippen molar-refractivity contribution in [3.63, 3.8) is 0 Å². The minimum absolute atomic E-state index is 0.0577. The third-order valence-electron chi connectivity index (χ3n) is 3.58. The Kier molecular flexibility index (Phi) is 4.32. The molecule has 0 saturated carbocycles. The van der Waals surface area contributed by atoms with Crippen LogP contribution in [-0.2, 0) is 23.2 Å². The van der Waals surface area contributed by atoms with Crippen LogP contribution in [0.25, 0.3) is 0 Å². The normalized spacial score (nSPS) is 20.0. The predicted octanol–water partition coefficient (Wildman–Crippen LogP) is 1.01. The van der Waals surface area contributed by atoms with Crippen LogP contribution in [-0.4, -0.2) is 39.1 Å². The quantitative estimate of drug-likeness (QED) is 0.905. The SMILES string of the molecule is CCC1NC(=O)CCN(Cc2c(C)nn(C)c2Cl)C1=O. The van der Waals surface area contributed by atoms with Crippen LogP contribution in [0.4, 0.5) is 0 Å². The lowest BCUT2D eigenvalue weighted by molar-refractivity contribution is -0.134. The molecular weight excluding hydrogens is 280 g/mol. The average molecular weight is 299 g/mol. The fraction of sp³-hybridized carbons (Fsp3) is 0.615. The van der Waals surface area contributed by atoms with Crippen LogP contribution >= 0.6 is 11.6 Å². The Labute approximate surface area is 123 Å². The molecule has 1 aliphatic heterocycles. The lowest BCUT2D eigenvalue weighted by Crippen LogP contribution is -2.44. The first kappa shape index (κ1) is 14.8. The summed E-state index contributed by atoms with van der Waals surface area (Å²) in [4.78, 5) is 25.7. The fourth-order valence-electron chi connectivity index (χ4n) is 2.37. The molecule has 1 aromatic rings. The number of nitrogens with one attached hydrogen (secondary N) is 1. The smallest absolute Gasteiger partial charge is 0.245 e. The summed E-state index contributed by atoms with van der Waals surface area (Å²) in [5.74, 6) is -0.139. The fourth-order valence-corrected chi connectivity index (χ4v) is 2.61. The van der Waals surface area contributed by atoms with Crippen molar-refractivity contribution < 1.29 is 9.59 Å². The van der Waals surface area contributed by atoms with Gasteiger partial charge < -0.3 is 10.2 Å². The second-order valence-corrected chi connectivity index (χ2v) is 5.37. The van der Waals surface area contributed by atoms with Crippen molar-refractivity contribution in [2.45, 2.75) is 39.3 Å². The predicted molar refractivity (Wildman–Crippen MR) is 75.2 cm³/mol. The second-order valence-electron chi connectivity index (χ2n) is 5.02. The molecule has 110 valence electrons. The Morgan fingerprint density at radius 1 is 1.45 bits per heavy atom. The van der Waals surface area contributed by atoms with E-state index in [9.17, 15) is 9.59 Å². The lowest BCUT2D eigenvalue weighted by atomic mass is 10.2. The summed E-state index contributed by atoms with van der Waals surface area (Å²) in [6.45, 7) is 4.55. The number of halogens is 1. The summed E-state index contributed by atoms with van der Waals surface area (Å²) in [7, 11) is 1.77. The molecule has 1 N–H and O–H groups in total. The van der Waals surface area contributed by atoms with Crippen molar-refractivity contribution in [3.8, 4) is 0 Å². The second kappa shape index (κ2) is 5.83. The van der Waals surface area contributed by atoms with Crippen LogP contribution in [0.15, 0.2) is 0 Å². The number of aryl methyl sites for hydroxylation is 2. The third kappa shape index (κ3) is 2.80. The molecule has 6 nitrogen and oxygen atoms in total. The van der Waals surface area contributed by atoms with E-state index in [0.29, 0.717) is 31.1 Å². The van der Waals surface area contributed by atoms with Crippen molar-refractivity contribution in [2.24, 2.45) is 7.05 Å². The van der Waals surface area contributed by atoms with Crippen LogP contribution in [0.5, 0.6) is 0 Å². The Morgan fingerprint density at radius 3 is 2.70 bits per heavy atom.